The second-order valence-electron chi connectivity index (χ2n) is 13.1. The smallest absolute Gasteiger partial charge is 0.165 e. The quantitative estimate of drug-likeness (QED) is 0.163. The summed E-state index contributed by atoms with van der Waals surface area (Å²) in [6.07, 6.45) is 0. The lowest BCUT2D eigenvalue weighted by molar-refractivity contribution is 1.07. The van der Waals surface area contributed by atoms with Crippen molar-refractivity contribution in [3.63, 3.8) is 0 Å². The zero-order valence-corrected chi connectivity index (χ0v) is 30.2. The predicted octanol–water partition coefficient (Wildman–Crippen LogP) is 12.1. The van der Waals surface area contributed by atoms with Crippen LogP contribution in [0.25, 0.3) is 99.6 Å². The van der Waals surface area contributed by atoms with Crippen LogP contribution < -0.4 is 0 Å². The Morgan fingerprint density at radius 3 is 1.16 bits per heavy atom. The number of nitrogens with zero attached hydrogens (tertiary/aromatic N) is 6. The normalized spacial score (nSPS) is 11.3. The van der Waals surface area contributed by atoms with E-state index in [2.05, 4.69) is 84.9 Å². The first-order valence-electron chi connectivity index (χ1n) is 18.0. The fraction of sp³-hybridized carbons (Fsp3) is 0. The van der Waals surface area contributed by atoms with E-state index >= 15 is 0 Å². The first kappa shape index (κ1) is 32.4. The Labute approximate surface area is 321 Å². The van der Waals surface area contributed by atoms with Crippen LogP contribution in [0.4, 0.5) is 0 Å². The fourth-order valence-electron chi connectivity index (χ4n) is 6.84. The van der Waals surface area contributed by atoms with Gasteiger partial charge in [0, 0.05) is 53.6 Å². The molecular formula is C48H30N6S. The molecule has 0 spiro atoms. The summed E-state index contributed by atoms with van der Waals surface area (Å²) in [6, 6.07) is 61.8. The molecule has 0 fully saturated rings. The molecule has 55 heavy (non-hydrogen) atoms. The zero-order valence-electron chi connectivity index (χ0n) is 29.4. The van der Waals surface area contributed by atoms with Crippen LogP contribution in [-0.2, 0) is 0 Å². The molecule has 0 aliphatic heterocycles. The summed E-state index contributed by atoms with van der Waals surface area (Å²) in [6.45, 7) is 0. The SMILES string of the molecule is c1ccc(-c2ccc(-c3nc(-c4ccccc4)nc(-c4ccc5c(c4)sc4c(-c6nc(-c7ccccc7)nc(-c7ccccc7)n6)cccc45)n3)cc2)cc1. The molecule has 6 nitrogen and oxygen atoms in total. The number of thiophene rings is 1. The topological polar surface area (TPSA) is 77.3 Å². The van der Waals surface area contributed by atoms with Gasteiger partial charge in [-0.3, -0.25) is 0 Å². The van der Waals surface area contributed by atoms with E-state index in [4.69, 9.17) is 29.9 Å². The van der Waals surface area contributed by atoms with E-state index < -0.39 is 0 Å². The van der Waals surface area contributed by atoms with Gasteiger partial charge >= 0.3 is 0 Å². The highest BCUT2D eigenvalue weighted by molar-refractivity contribution is 7.26. The Hall–Kier alpha value is -7.22. The first-order valence-corrected chi connectivity index (χ1v) is 18.9. The molecule has 0 unspecified atom stereocenters. The maximum atomic E-state index is 5.06. The molecule has 0 amide bonds. The third-order valence-corrected chi connectivity index (χ3v) is 10.8. The van der Waals surface area contributed by atoms with Gasteiger partial charge in [0.15, 0.2) is 34.9 Å². The van der Waals surface area contributed by atoms with E-state index in [-0.39, 0.29) is 0 Å². The minimum absolute atomic E-state index is 0.619. The summed E-state index contributed by atoms with van der Waals surface area (Å²) in [5.41, 5.74) is 7.92. The number of hydrogen-bond donors (Lipinski definition) is 0. The van der Waals surface area contributed by atoms with E-state index in [1.165, 1.54) is 5.56 Å². The number of aromatic nitrogens is 6. The lowest BCUT2D eigenvalue weighted by atomic mass is 10.0. The molecular weight excluding hydrogens is 693 g/mol. The van der Waals surface area contributed by atoms with Crippen LogP contribution >= 0.6 is 11.3 Å². The third kappa shape index (κ3) is 6.33. The van der Waals surface area contributed by atoms with Crippen LogP contribution in [0, 0.1) is 0 Å². The van der Waals surface area contributed by atoms with Gasteiger partial charge in [-0.15, -0.1) is 11.3 Å². The monoisotopic (exact) mass is 722 g/mol. The minimum atomic E-state index is 0.619. The van der Waals surface area contributed by atoms with E-state index in [0.29, 0.717) is 34.9 Å². The van der Waals surface area contributed by atoms with Gasteiger partial charge in [0.25, 0.3) is 0 Å². The van der Waals surface area contributed by atoms with Crippen molar-refractivity contribution in [2.24, 2.45) is 0 Å². The number of rotatable bonds is 7. The van der Waals surface area contributed by atoms with Crippen molar-refractivity contribution in [2.75, 3.05) is 0 Å². The third-order valence-electron chi connectivity index (χ3n) is 9.61. The molecule has 0 atom stereocenters. The molecule has 10 aromatic rings. The summed E-state index contributed by atoms with van der Waals surface area (Å²) in [5, 5.41) is 2.30. The summed E-state index contributed by atoms with van der Waals surface area (Å²) in [5.74, 6) is 3.79. The maximum Gasteiger partial charge on any atom is 0.165 e. The molecule has 3 heterocycles. The summed E-state index contributed by atoms with van der Waals surface area (Å²) < 4.78 is 2.23. The molecule has 0 N–H and O–H groups in total. The van der Waals surface area contributed by atoms with Crippen molar-refractivity contribution in [2.45, 2.75) is 0 Å². The van der Waals surface area contributed by atoms with Crippen LogP contribution in [0.15, 0.2) is 182 Å². The van der Waals surface area contributed by atoms with Gasteiger partial charge in [0.1, 0.15) is 0 Å². The van der Waals surface area contributed by atoms with Gasteiger partial charge < -0.3 is 0 Å². The molecule has 0 bridgehead atoms. The molecule has 0 aliphatic rings. The van der Waals surface area contributed by atoms with Crippen molar-refractivity contribution in [3.05, 3.63) is 182 Å². The highest BCUT2D eigenvalue weighted by atomic mass is 32.1. The van der Waals surface area contributed by atoms with Gasteiger partial charge in [-0.1, -0.05) is 170 Å². The summed E-state index contributed by atoms with van der Waals surface area (Å²) in [4.78, 5) is 30.0. The first-order chi connectivity index (χ1) is 27.2. The van der Waals surface area contributed by atoms with Gasteiger partial charge in [-0.25, -0.2) is 29.9 Å². The Kier molecular flexibility index (Phi) is 8.24. The standard InChI is InChI=1S/C48H30N6S/c1-5-14-31(15-6-1)32-24-26-36(27-25-32)46-49-43(33-16-7-2-8-17-33)51-47(52-46)37-28-29-38-39-22-13-23-40(42(39)55-41(38)30-37)48-53-44(34-18-9-3-10-19-34)50-45(54-48)35-20-11-4-12-21-35/h1-30H. The van der Waals surface area contributed by atoms with Crippen LogP contribution in [0.2, 0.25) is 0 Å². The molecule has 0 aliphatic carbocycles. The second-order valence-corrected chi connectivity index (χ2v) is 14.2. The second kappa shape index (κ2) is 14.0. The van der Waals surface area contributed by atoms with Gasteiger partial charge in [-0.2, -0.15) is 0 Å². The van der Waals surface area contributed by atoms with Crippen molar-refractivity contribution < 1.29 is 0 Å². The average molecular weight is 723 g/mol. The van der Waals surface area contributed by atoms with Crippen molar-refractivity contribution in [1.29, 1.82) is 0 Å². The zero-order chi connectivity index (χ0) is 36.6. The summed E-state index contributed by atoms with van der Waals surface area (Å²) >= 11 is 1.72. The fourth-order valence-corrected chi connectivity index (χ4v) is 8.09. The molecule has 10 rings (SSSR count). The molecule has 3 aromatic heterocycles. The van der Waals surface area contributed by atoms with Gasteiger partial charge in [0.05, 0.1) is 0 Å². The van der Waals surface area contributed by atoms with Crippen molar-refractivity contribution >= 4 is 31.5 Å². The largest absolute Gasteiger partial charge is 0.208 e. The summed E-state index contributed by atoms with van der Waals surface area (Å²) in [7, 11) is 0. The Morgan fingerprint density at radius 1 is 0.273 bits per heavy atom. The minimum Gasteiger partial charge on any atom is -0.208 e. The van der Waals surface area contributed by atoms with E-state index in [1.54, 1.807) is 11.3 Å². The average Bonchev–Trinajstić information content (AvgIpc) is 3.66. The van der Waals surface area contributed by atoms with Crippen LogP contribution in [-0.4, -0.2) is 29.9 Å². The predicted molar refractivity (Wildman–Crippen MR) is 224 cm³/mol. The van der Waals surface area contributed by atoms with Crippen LogP contribution in [0.3, 0.4) is 0 Å². The lowest BCUT2D eigenvalue weighted by Gasteiger charge is -2.09. The van der Waals surface area contributed by atoms with Crippen LogP contribution in [0.5, 0.6) is 0 Å². The Morgan fingerprint density at radius 2 is 0.655 bits per heavy atom. The van der Waals surface area contributed by atoms with E-state index in [0.717, 1.165) is 59.1 Å². The Bertz CT molecular complexity index is 2890. The lowest BCUT2D eigenvalue weighted by Crippen LogP contribution is -2.00. The van der Waals surface area contributed by atoms with E-state index in [9.17, 15) is 0 Å². The van der Waals surface area contributed by atoms with E-state index in [1.807, 2.05) is 97.1 Å². The maximum absolute atomic E-state index is 5.06. The van der Waals surface area contributed by atoms with Gasteiger partial charge in [0.2, 0.25) is 0 Å². The molecule has 258 valence electrons. The van der Waals surface area contributed by atoms with Gasteiger partial charge in [-0.05, 0) is 23.3 Å². The molecule has 7 heteroatoms. The number of fused-ring (bicyclic) bond motifs is 3. The number of benzene rings is 7. The van der Waals surface area contributed by atoms with Crippen LogP contribution in [0.1, 0.15) is 0 Å². The Balaban J connectivity index is 1.09. The van der Waals surface area contributed by atoms with Crippen molar-refractivity contribution in [1.82, 2.24) is 29.9 Å². The van der Waals surface area contributed by atoms with Crippen molar-refractivity contribution in [3.8, 4) is 79.5 Å². The molecule has 0 saturated heterocycles. The molecule has 0 radical (unpaired) electrons. The highest BCUT2D eigenvalue weighted by Gasteiger charge is 2.18. The highest BCUT2D eigenvalue weighted by Crippen LogP contribution is 2.41. The molecule has 7 aromatic carbocycles. The molecule has 0 saturated carbocycles. The number of hydrogen-bond acceptors (Lipinski definition) is 7.